The van der Waals surface area contributed by atoms with Gasteiger partial charge in [0, 0.05) is 13.1 Å². The summed E-state index contributed by atoms with van der Waals surface area (Å²) in [6.45, 7) is 6.28. The van der Waals surface area contributed by atoms with Crippen LogP contribution >= 0.6 is 0 Å². The van der Waals surface area contributed by atoms with E-state index in [9.17, 15) is 9.90 Å². The number of rotatable bonds is 5. The number of carboxylic acids is 1. The number of aliphatic carboxylic acids is 1. The molecule has 0 amide bonds. The van der Waals surface area contributed by atoms with Crippen molar-refractivity contribution in [1.82, 2.24) is 4.90 Å². The van der Waals surface area contributed by atoms with Crippen molar-refractivity contribution in [2.24, 2.45) is 11.3 Å². The van der Waals surface area contributed by atoms with Gasteiger partial charge in [0.05, 0.1) is 12.5 Å². The van der Waals surface area contributed by atoms with Crippen LogP contribution in [-0.2, 0) is 11.3 Å². The SMILES string of the molecule is COc1ccc(CN2CCC(C(=O)O)(C(C)C)C2)cc1. The van der Waals surface area contributed by atoms with E-state index in [1.54, 1.807) is 7.11 Å². The van der Waals surface area contributed by atoms with E-state index in [1.165, 1.54) is 5.56 Å². The van der Waals surface area contributed by atoms with Crippen LogP contribution in [0.4, 0.5) is 0 Å². The van der Waals surface area contributed by atoms with Gasteiger partial charge in [-0.3, -0.25) is 9.69 Å². The molecule has 1 heterocycles. The Kier molecular flexibility index (Phi) is 4.33. The number of hydrogen-bond acceptors (Lipinski definition) is 3. The van der Waals surface area contributed by atoms with Gasteiger partial charge in [-0.1, -0.05) is 26.0 Å². The fourth-order valence-corrected chi connectivity index (χ4v) is 2.93. The molecule has 1 aromatic rings. The van der Waals surface area contributed by atoms with Gasteiger partial charge in [-0.15, -0.1) is 0 Å². The van der Waals surface area contributed by atoms with Crippen LogP contribution < -0.4 is 4.74 Å². The van der Waals surface area contributed by atoms with Crippen LogP contribution in [0.1, 0.15) is 25.8 Å². The van der Waals surface area contributed by atoms with Gasteiger partial charge in [0.1, 0.15) is 5.75 Å². The number of carbonyl (C=O) groups is 1. The average Bonchev–Trinajstić information content (AvgIpc) is 2.85. The van der Waals surface area contributed by atoms with Crippen LogP contribution in [0.25, 0.3) is 0 Å². The van der Waals surface area contributed by atoms with Gasteiger partial charge in [0.25, 0.3) is 0 Å². The normalized spacial score (nSPS) is 23.2. The summed E-state index contributed by atoms with van der Waals surface area (Å²) in [6.07, 6.45) is 0.732. The molecule has 1 aliphatic rings. The summed E-state index contributed by atoms with van der Waals surface area (Å²) in [6, 6.07) is 7.96. The van der Waals surface area contributed by atoms with E-state index in [2.05, 4.69) is 4.90 Å². The van der Waals surface area contributed by atoms with Crippen LogP contribution in [0.3, 0.4) is 0 Å². The molecule has 4 nitrogen and oxygen atoms in total. The Morgan fingerprint density at radius 3 is 2.50 bits per heavy atom. The molecule has 1 aromatic carbocycles. The van der Waals surface area contributed by atoms with Crippen LogP contribution in [0.15, 0.2) is 24.3 Å². The number of ether oxygens (including phenoxy) is 1. The van der Waals surface area contributed by atoms with Crippen molar-refractivity contribution < 1.29 is 14.6 Å². The predicted octanol–water partition coefficient (Wildman–Crippen LogP) is 2.63. The molecule has 2 rings (SSSR count). The van der Waals surface area contributed by atoms with Gasteiger partial charge in [-0.05, 0) is 36.6 Å². The fourth-order valence-electron chi connectivity index (χ4n) is 2.93. The van der Waals surface area contributed by atoms with Crippen molar-refractivity contribution in [3.05, 3.63) is 29.8 Å². The quantitative estimate of drug-likeness (QED) is 0.899. The molecule has 20 heavy (non-hydrogen) atoms. The zero-order valence-electron chi connectivity index (χ0n) is 12.4. The predicted molar refractivity (Wildman–Crippen MR) is 77.8 cm³/mol. The molecular weight excluding hydrogens is 254 g/mol. The van der Waals surface area contributed by atoms with E-state index >= 15 is 0 Å². The lowest BCUT2D eigenvalue weighted by atomic mass is 9.76. The highest BCUT2D eigenvalue weighted by atomic mass is 16.5. The molecule has 0 aliphatic carbocycles. The van der Waals surface area contributed by atoms with Gasteiger partial charge in [0.2, 0.25) is 0 Å². The van der Waals surface area contributed by atoms with E-state index in [4.69, 9.17) is 4.74 Å². The number of benzene rings is 1. The summed E-state index contributed by atoms with van der Waals surface area (Å²) in [5.74, 6) is 0.336. The molecule has 1 atom stereocenters. The van der Waals surface area contributed by atoms with Crippen molar-refractivity contribution in [2.75, 3.05) is 20.2 Å². The third-order valence-corrected chi connectivity index (χ3v) is 4.48. The first-order valence-corrected chi connectivity index (χ1v) is 7.06. The molecule has 0 aromatic heterocycles. The largest absolute Gasteiger partial charge is 0.497 e. The molecule has 1 unspecified atom stereocenters. The second-order valence-corrected chi connectivity index (χ2v) is 5.92. The minimum absolute atomic E-state index is 0.154. The highest BCUT2D eigenvalue weighted by molar-refractivity contribution is 5.75. The Labute approximate surface area is 120 Å². The lowest BCUT2D eigenvalue weighted by molar-refractivity contribution is -0.151. The Balaban J connectivity index is 2.03. The number of hydrogen-bond donors (Lipinski definition) is 1. The van der Waals surface area contributed by atoms with Crippen molar-refractivity contribution in [1.29, 1.82) is 0 Å². The topological polar surface area (TPSA) is 49.8 Å². The molecule has 1 N–H and O–H groups in total. The van der Waals surface area contributed by atoms with E-state index in [0.29, 0.717) is 6.54 Å². The van der Waals surface area contributed by atoms with E-state index in [1.807, 2.05) is 38.1 Å². The first kappa shape index (κ1) is 14.9. The second-order valence-electron chi connectivity index (χ2n) is 5.92. The summed E-state index contributed by atoms with van der Waals surface area (Å²) in [5.41, 5.74) is 0.600. The molecule has 4 heteroatoms. The molecule has 1 fully saturated rings. The van der Waals surface area contributed by atoms with Gasteiger partial charge in [0.15, 0.2) is 0 Å². The van der Waals surface area contributed by atoms with Crippen LogP contribution in [-0.4, -0.2) is 36.2 Å². The number of nitrogens with zero attached hydrogens (tertiary/aromatic N) is 1. The molecule has 0 radical (unpaired) electrons. The third kappa shape index (κ3) is 2.80. The Bertz CT molecular complexity index is 469. The smallest absolute Gasteiger partial charge is 0.311 e. The first-order valence-electron chi connectivity index (χ1n) is 7.06. The molecule has 1 aliphatic heterocycles. The van der Waals surface area contributed by atoms with E-state index in [0.717, 1.165) is 25.3 Å². The van der Waals surface area contributed by atoms with E-state index in [-0.39, 0.29) is 5.92 Å². The number of likely N-dealkylation sites (tertiary alicyclic amines) is 1. The summed E-state index contributed by atoms with van der Waals surface area (Å²) in [5, 5.41) is 9.54. The van der Waals surface area contributed by atoms with Crippen molar-refractivity contribution in [3.63, 3.8) is 0 Å². The standard InChI is InChI=1S/C16H23NO3/c1-12(2)16(15(18)19)8-9-17(11-16)10-13-4-6-14(20-3)7-5-13/h4-7,12H,8-11H2,1-3H3,(H,18,19). The van der Waals surface area contributed by atoms with Gasteiger partial charge in [-0.2, -0.15) is 0 Å². The summed E-state index contributed by atoms with van der Waals surface area (Å²) >= 11 is 0. The zero-order chi connectivity index (χ0) is 14.8. The Morgan fingerprint density at radius 1 is 1.40 bits per heavy atom. The van der Waals surface area contributed by atoms with Gasteiger partial charge < -0.3 is 9.84 Å². The molecule has 1 saturated heterocycles. The van der Waals surface area contributed by atoms with Crippen molar-refractivity contribution in [2.45, 2.75) is 26.8 Å². The lowest BCUT2D eigenvalue weighted by Crippen LogP contribution is -2.39. The van der Waals surface area contributed by atoms with Crippen molar-refractivity contribution in [3.8, 4) is 5.75 Å². The van der Waals surface area contributed by atoms with Crippen LogP contribution in [0.2, 0.25) is 0 Å². The Morgan fingerprint density at radius 2 is 2.05 bits per heavy atom. The van der Waals surface area contributed by atoms with Gasteiger partial charge in [-0.25, -0.2) is 0 Å². The number of carboxylic acid groups (broad SMARTS) is 1. The third-order valence-electron chi connectivity index (χ3n) is 4.48. The Hall–Kier alpha value is -1.55. The van der Waals surface area contributed by atoms with Crippen LogP contribution in [0, 0.1) is 11.3 Å². The summed E-state index contributed by atoms with van der Waals surface area (Å²) in [7, 11) is 1.65. The first-order chi connectivity index (χ1) is 9.48. The summed E-state index contributed by atoms with van der Waals surface area (Å²) < 4.78 is 5.14. The number of methoxy groups -OCH3 is 1. The summed E-state index contributed by atoms with van der Waals surface area (Å²) in [4.78, 5) is 13.8. The molecular formula is C16H23NO3. The van der Waals surface area contributed by atoms with Crippen molar-refractivity contribution >= 4 is 5.97 Å². The monoisotopic (exact) mass is 277 g/mol. The molecule has 0 bridgehead atoms. The highest BCUT2D eigenvalue weighted by Gasteiger charge is 2.46. The fraction of sp³-hybridized carbons (Fsp3) is 0.562. The lowest BCUT2D eigenvalue weighted by Gasteiger charge is -2.28. The maximum atomic E-state index is 11.6. The minimum Gasteiger partial charge on any atom is -0.497 e. The molecule has 110 valence electrons. The maximum absolute atomic E-state index is 11.6. The second kappa shape index (κ2) is 5.83. The van der Waals surface area contributed by atoms with Crippen LogP contribution in [0.5, 0.6) is 5.75 Å². The van der Waals surface area contributed by atoms with Gasteiger partial charge >= 0.3 is 5.97 Å². The molecule has 0 saturated carbocycles. The minimum atomic E-state index is -0.662. The zero-order valence-corrected chi connectivity index (χ0v) is 12.4. The molecule has 0 spiro atoms. The van der Waals surface area contributed by atoms with E-state index < -0.39 is 11.4 Å². The average molecular weight is 277 g/mol. The highest BCUT2D eigenvalue weighted by Crippen LogP contribution is 2.38. The maximum Gasteiger partial charge on any atom is 0.311 e.